The molecule has 0 aromatic rings. The van der Waals surface area contributed by atoms with Crippen molar-refractivity contribution in [2.75, 3.05) is 6.61 Å². The van der Waals surface area contributed by atoms with Gasteiger partial charge in [0.15, 0.2) is 0 Å². The van der Waals surface area contributed by atoms with Gasteiger partial charge in [0.2, 0.25) is 0 Å². The van der Waals surface area contributed by atoms with Crippen LogP contribution in [0.3, 0.4) is 0 Å². The molecule has 7 nitrogen and oxygen atoms in total. The Labute approximate surface area is 159 Å². The number of hydrogen-bond donors (Lipinski definition) is 2. The summed E-state index contributed by atoms with van der Waals surface area (Å²) in [6, 6.07) is 0. The molecule has 0 aromatic heterocycles. The van der Waals surface area contributed by atoms with Crippen molar-refractivity contribution in [1.82, 2.24) is 0 Å². The Kier molecular flexibility index (Phi) is 12.5. The van der Waals surface area contributed by atoms with E-state index in [1.165, 1.54) is 0 Å². The molecule has 0 heterocycles. The molecule has 3 atom stereocenters. The average molecular weight is 418 g/mol. The van der Waals surface area contributed by atoms with Gasteiger partial charge in [-0.05, 0) is 0 Å². The molecule has 0 radical (unpaired) electrons. The van der Waals surface area contributed by atoms with Crippen LogP contribution in [-0.2, 0) is 37.7 Å². The second-order valence-electron chi connectivity index (χ2n) is 6.87. The fourth-order valence-corrected chi connectivity index (χ4v) is 7.62. The van der Waals surface area contributed by atoms with Crippen molar-refractivity contribution < 1.29 is 45.1 Å². The Bertz CT molecular complexity index is 326. The van der Waals surface area contributed by atoms with Gasteiger partial charge in [0.05, 0.1) is 0 Å². The predicted octanol–water partition coefficient (Wildman–Crippen LogP) is 3.36. The first kappa shape index (κ1) is 25.7. The summed E-state index contributed by atoms with van der Waals surface area (Å²) in [6.07, 6.45) is 1.54. The van der Waals surface area contributed by atoms with E-state index in [2.05, 4.69) is 0 Å². The Morgan fingerprint density at radius 3 is 1.40 bits per heavy atom. The third kappa shape index (κ3) is 11.2. The van der Waals surface area contributed by atoms with Crippen LogP contribution in [0, 0.1) is 5.92 Å². The summed E-state index contributed by atoms with van der Waals surface area (Å²) in [4.78, 5) is 0. The normalized spacial score (nSPS) is 18.8. The minimum absolute atomic E-state index is 0.144. The fourth-order valence-electron chi connectivity index (χ4n) is 1.61. The second-order valence-corrected chi connectivity index (χ2v) is 11.9. The molecule has 0 saturated heterocycles. The quantitative estimate of drug-likeness (QED) is 0.418. The zero-order chi connectivity index (χ0) is 19.7. The molecule has 0 aromatic carbocycles. The Morgan fingerprint density at radius 1 is 0.760 bits per heavy atom. The number of hydrogen-bond acceptors (Lipinski definition) is 7. The Morgan fingerprint density at radius 2 is 1.12 bits per heavy atom. The first-order valence-electron chi connectivity index (χ1n) is 9.31. The van der Waals surface area contributed by atoms with Gasteiger partial charge in [-0.3, -0.25) is 0 Å². The van der Waals surface area contributed by atoms with Gasteiger partial charge in [-0.15, -0.1) is 0 Å². The molecule has 0 rings (SSSR count). The molecule has 0 saturated carbocycles. The van der Waals surface area contributed by atoms with E-state index < -0.39 is 27.2 Å². The van der Waals surface area contributed by atoms with E-state index in [4.69, 9.17) is 19.6 Å². The van der Waals surface area contributed by atoms with Crippen LogP contribution in [0.25, 0.3) is 0 Å². The van der Waals surface area contributed by atoms with Crippen molar-refractivity contribution in [3.05, 3.63) is 0 Å². The third-order valence-electron chi connectivity index (χ3n) is 3.62. The summed E-state index contributed by atoms with van der Waals surface area (Å²) in [5.74, 6) is 0.144. The van der Waals surface area contributed by atoms with Gasteiger partial charge in [0.1, 0.15) is 0 Å². The van der Waals surface area contributed by atoms with Crippen LogP contribution >= 0.6 is 0 Å². The summed E-state index contributed by atoms with van der Waals surface area (Å²) in [6.45, 7) is 15.6. The second kappa shape index (κ2) is 12.2. The van der Waals surface area contributed by atoms with Crippen molar-refractivity contribution in [3.8, 4) is 0 Å². The minimum atomic E-state index is -5.02. The maximum absolute atomic E-state index is 10.3. The van der Waals surface area contributed by atoms with E-state index in [1.54, 1.807) is 0 Å². The molecule has 0 amide bonds. The molecule has 2 N–H and O–H groups in total. The molecule has 0 aliphatic rings. The summed E-state index contributed by atoms with van der Waals surface area (Å²) in [7, 11) is -3.80. The third-order valence-corrected chi connectivity index (χ3v) is 9.48. The van der Waals surface area contributed by atoms with Gasteiger partial charge in [-0.25, -0.2) is 0 Å². The van der Waals surface area contributed by atoms with Gasteiger partial charge < -0.3 is 0 Å². The van der Waals surface area contributed by atoms with Crippen molar-refractivity contribution in [1.29, 1.82) is 0 Å². The molecule has 0 bridgehead atoms. The monoisotopic (exact) mass is 418 g/mol. The van der Waals surface area contributed by atoms with Crippen LogP contribution in [0.4, 0.5) is 0 Å². The van der Waals surface area contributed by atoms with E-state index >= 15 is 0 Å². The van der Waals surface area contributed by atoms with Crippen LogP contribution in [0.1, 0.15) is 74.7 Å². The molecule has 9 heteroatoms. The van der Waals surface area contributed by atoms with E-state index in [0.717, 1.165) is 19.3 Å². The first-order valence-corrected chi connectivity index (χ1v) is 13.6. The van der Waals surface area contributed by atoms with Gasteiger partial charge >= 0.3 is 160 Å². The standard InChI is InChI=1S/C12H27O4Si.C4H9O.2H2O.Ti/c1-7-10(4)14-17(13,15-11(5)8-2)16-12(6)9-3;1-4(2)3-5;;;/h10-12H,7-9H2,1-6H3;4H,3H2,1-2H3;2*1H2;/q2*-1;;;+4/p-2. The van der Waals surface area contributed by atoms with Crippen molar-refractivity contribution in [3.63, 3.8) is 0 Å². The molecule has 0 aliphatic heterocycles. The summed E-state index contributed by atoms with van der Waals surface area (Å²) < 4.78 is 49.6. The summed E-state index contributed by atoms with van der Waals surface area (Å²) in [5.41, 5.74) is 0. The van der Waals surface area contributed by atoms with Crippen molar-refractivity contribution >= 4 is 9.05 Å². The van der Waals surface area contributed by atoms with Crippen LogP contribution < -0.4 is 0 Å². The molecule has 0 aliphatic carbocycles. The van der Waals surface area contributed by atoms with Gasteiger partial charge in [0, 0.05) is 0 Å². The summed E-state index contributed by atoms with van der Waals surface area (Å²) in [5, 5.41) is 0. The molecule has 3 unspecified atom stereocenters. The Balaban J connectivity index is 5.52. The van der Waals surface area contributed by atoms with E-state index in [1.807, 2.05) is 55.4 Å². The zero-order valence-electron chi connectivity index (χ0n) is 17.1. The van der Waals surface area contributed by atoms with Crippen molar-refractivity contribution in [2.45, 2.75) is 93.0 Å². The molecule has 152 valence electrons. The van der Waals surface area contributed by atoms with Gasteiger partial charge in [0.25, 0.3) is 0 Å². The van der Waals surface area contributed by atoms with E-state index in [-0.39, 0.29) is 30.8 Å². The van der Waals surface area contributed by atoms with Crippen LogP contribution in [0.2, 0.25) is 0 Å². The Hall–Kier alpha value is 0.651. The van der Waals surface area contributed by atoms with Crippen LogP contribution in [-0.4, -0.2) is 41.3 Å². The van der Waals surface area contributed by atoms with Gasteiger partial charge in [-0.1, -0.05) is 0 Å². The molecule has 25 heavy (non-hydrogen) atoms. The molecule has 0 spiro atoms. The topological polar surface area (TPSA) is 86.6 Å². The van der Waals surface area contributed by atoms with Crippen LogP contribution in [0.15, 0.2) is 0 Å². The van der Waals surface area contributed by atoms with Crippen molar-refractivity contribution in [2.24, 2.45) is 5.92 Å². The first-order chi connectivity index (χ1) is 11.5. The fraction of sp³-hybridized carbons (Fsp3) is 1.00. The number of rotatable bonds is 14. The maximum atomic E-state index is 10.3. The zero-order valence-corrected chi connectivity index (χ0v) is 19.6. The summed E-state index contributed by atoms with van der Waals surface area (Å²) >= 11 is -5.02. The van der Waals surface area contributed by atoms with E-state index in [9.17, 15) is 7.38 Å². The predicted molar refractivity (Wildman–Crippen MR) is 94.6 cm³/mol. The van der Waals surface area contributed by atoms with Crippen LogP contribution in [0.5, 0.6) is 0 Å². The molecule has 0 fully saturated rings. The molecular weight excluding hydrogens is 380 g/mol. The van der Waals surface area contributed by atoms with Gasteiger partial charge in [-0.2, -0.15) is 0 Å². The average Bonchev–Trinajstić information content (AvgIpc) is 2.51. The van der Waals surface area contributed by atoms with E-state index in [0.29, 0.717) is 0 Å². The molecular formula is C16H38O7SiTi. The SMILES string of the molecule is CCC(C)O[Si](OC(C)CC)(OC(C)CC)[O][Ti]([OH])([OH])[O]CC(C)C.